The summed E-state index contributed by atoms with van der Waals surface area (Å²) in [6, 6.07) is 1.16. The molecule has 0 fully saturated rings. The van der Waals surface area contributed by atoms with Crippen molar-refractivity contribution in [2.45, 2.75) is 13.5 Å². The SMILES string of the molecule is COCCOC(=O)Cn1cc([N+](=O)[O-])cc(C)c1=O. The monoisotopic (exact) mass is 270 g/mol. The minimum atomic E-state index is -0.654. The summed E-state index contributed by atoms with van der Waals surface area (Å²) in [7, 11) is 1.46. The fraction of sp³-hybridized carbons (Fsp3) is 0.455. The Bertz CT molecular complexity index is 536. The van der Waals surface area contributed by atoms with Gasteiger partial charge in [0.25, 0.3) is 11.2 Å². The summed E-state index contributed by atoms with van der Waals surface area (Å²) in [5.41, 5.74) is -0.519. The lowest BCUT2D eigenvalue weighted by Gasteiger charge is -2.07. The van der Waals surface area contributed by atoms with Crippen molar-refractivity contribution in [3.05, 3.63) is 38.3 Å². The summed E-state index contributed by atoms with van der Waals surface area (Å²) in [4.78, 5) is 33.2. The first-order valence-corrected chi connectivity index (χ1v) is 5.45. The van der Waals surface area contributed by atoms with Crippen LogP contribution >= 0.6 is 0 Å². The van der Waals surface area contributed by atoms with Crippen LogP contribution < -0.4 is 5.56 Å². The molecule has 1 aromatic rings. The Balaban J connectivity index is 2.85. The smallest absolute Gasteiger partial charge is 0.326 e. The predicted octanol–water partition coefficient (Wildman–Crippen LogP) is 0.255. The maximum absolute atomic E-state index is 11.7. The van der Waals surface area contributed by atoms with Crippen molar-refractivity contribution in [1.82, 2.24) is 4.57 Å². The van der Waals surface area contributed by atoms with Gasteiger partial charge in [0.15, 0.2) is 0 Å². The van der Waals surface area contributed by atoms with Gasteiger partial charge in [-0.15, -0.1) is 0 Å². The molecular formula is C11H14N2O6. The van der Waals surface area contributed by atoms with Crippen molar-refractivity contribution in [3.8, 4) is 0 Å². The topological polar surface area (TPSA) is 101 Å². The molecule has 0 spiro atoms. The first-order chi connectivity index (χ1) is 8.95. The van der Waals surface area contributed by atoms with Crippen molar-refractivity contribution in [3.63, 3.8) is 0 Å². The molecule has 8 nitrogen and oxygen atoms in total. The quantitative estimate of drug-likeness (QED) is 0.318. The molecule has 0 aliphatic rings. The molecule has 0 aliphatic carbocycles. The number of carbonyl (C=O) groups is 1. The van der Waals surface area contributed by atoms with Crippen LogP contribution in [-0.2, 0) is 20.8 Å². The highest BCUT2D eigenvalue weighted by molar-refractivity contribution is 5.69. The van der Waals surface area contributed by atoms with Gasteiger partial charge in [-0.2, -0.15) is 0 Å². The van der Waals surface area contributed by atoms with E-state index >= 15 is 0 Å². The zero-order valence-corrected chi connectivity index (χ0v) is 10.6. The Hall–Kier alpha value is -2.22. The van der Waals surface area contributed by atoms with Gasteiger partial charge in [-0.25, -0.2) is 0 Å². The average molecular weight is 270 g/mol. The first kappa shape index (κ1) is 14.8. The lowest BCUT2D eigenvalue weighted by Crippen LogP contribution is -2.27. The lowest BCUT2D eigenvalue weighted by molar-refractivity contribution is -0.385. The number of nitrogens with zero attached hydrogens (tertiary/aromatic N) is 2. The highest BCUT2D eigenvalue weighted by Gasteiger charge is 2.14. The summed E-state index contributed by atoms with van der Waals surface area (Å²) in [6.45, 7) is 1.39. The standard InChI is InChI=1S/C11H14N2O6/c1-8-5-9(13(16)17)6-12(11(8)15)7-10(14)19-4-3-18-2/h5-6H,3-4,7H2,1-2H3. The highest BCUT2D eigenvalue weighted by Crippen LogP contribution is 2.09. The molecule has 0 amide bonds. The Morgan fingerprint density at radius 3 is 2.74 bits per heavy atom. The van der Waals surface area contributed by atoms with Crippen LogP contribution in [0.3, 0.4) is 0 Å². The van der Waals surface area contributed by atoms with Crippen molar-refractivity contribution in [2.24, 2.45) is 0 Å². The maximum atomic E-state index is 11.7. The molecule has 0 saturated carbocycles. The summed E-state index contributed by atoms with van der Waals surface area (Å²) < 4.78 is 10.4. The number of aryl methyl sites for hydroxylation is 1. The van der Waals surface area contributed by atoms with E-state index in [0.717, 1.165) is 16.8 Å². The minimum Gasteiger partial charge on any atom is -0.462 e. The number of hydrogen-bond donors (Lipinski definition) is 0. The van der Waals surface area contributed by atoms with E-state index in [-0.39, 0.29) is 31.0 Å². The first-order valence-electron chi connectivity index (χ1n) is 5.45. The molecule has 0 radical (unpaired) electrons. The molecule has 0 saturated heterocycles. The molecule has 1 aromatic heterocycles. The summed E-state index contributed by atoms with van der Waals surface area (Å²) in [5, 5.41) is 10.7. The number of esters is 1. The summed E-state index contributed by atoms with van der Waals surface area (Å²) in [5.74, 6) is -0.654. The van der Waals surface area contributed by atoms with Crippen molar-refractivity contribution >= 4 is 11.7 Å². The van der Waals surface area contributed by atoms with Crippen LogP contribution in [0.25, 0.3) is 0 Å². The van der Waals surface area contributed by atoms with Crippen molar-refractivity contribution in [2.75, 3.05) is 20.3 Å². The maximum Gasteiger partial charge on any atom is 0.326 e. The number of carbonyl (C=O) groups excluding carboxylic acids is 1. The zero-order chi connectivity index (χ0) is 14.4. The van der Waals surface area contributed by atoms with E-state index in [0.29, 0.717) is 0 Å². The predicted molar refractivity (Wildman–Crippen MR) is 64.9 cm³/mol. The number of nitro groups is 1. The van der Waals surface area contributed by atoms with E-state index in [1.54, 1.807) is 0 Å². The molecule has 1 heterocycles. The number of methoxy groups -OCH3 is 1. The van der Waals surface area contributed by atoms with Crippen molar-refractivity contribution in [1.29, 1.82) is 0 Å². The Labute approximate surface area is 108 Å². The largest absolute Gasteiger partial charge is 0.462 e. The molecule has 0 N–H and O–H groups in total. The van der Waals surface area contributed by atoms with Crippen LogP contribution in [0.5, 0.6) is 0 Å². The van der Waals surface area contributed by atoms with Gasteiger partial charge in [0, 0.05) is 18.7 Å². The molecule has 19 heavy (non-hydrogen) atoms. The van der Waals surface area contributed by atoms with Gasteiger partial charge in [-0.3, -0.25) is 24.3 Å². The van der Waals surface area contributed by atoms with Gasteiger partial charge in [-0.1, -0.05) is 0 Å². The van der Waals surface area contributed by atoms with Crippen LogP contribution in [0.4, 0.5) is 5.69 Å². The Kier molecular flexibility index (Phi) is 5.19. The van der Waals surface area contributed by atoms with Crippen LogP contribution in [0.2, 0.25) is 0 Å². The third-order valence-corrected chi connectivity index (χ3v) is 2.31. The zero-order valence-electron chi connectivity index (χ0n) is 10.6. The highest BCUT2D eigenvalue weighted by atomic mass is 16.6. The summed E-state index contributed by atoms with van der Waals surface area (Å²) in [6.07, 6.45) is 1.02. The normalized spacial score (nSPS) is 10.2. The van der Waals surface area contributed by atoms with Gasteiger partial charge >= 0.3 is 5.97 Å². The van der Waals surface area contributed by atoms with E-state index in [2.05, 4.69) is 0 Å². The molecular weight excluding hydrogens is 256 g/mol. The van der Waals surface area contributed by atoms with E-state index in [9.17, 15) is 19.7 Å². The second-order valence-electron chi connectivity index (χ2n) is 3.78. The van der Waals surface area contributed by atoms with E-state index in [1.807, 2.05) is 0 Å². The van der Waals surface area contributed by atoms with Gasteiger partial charge in [0.1, 0.15) is 13.2 Å². The van der Waals surface area contributed by atoms with Crippen molar-refractivity contribution < 1.29 is 19.2 Å². The fourth-order valence-electron chi connectivity index (χ4n) is 1.41. The molecule has 0 aromatic carbocycles. The van der Waals surface area contributed by atoms with Crippen LogP contribution in [0.1, 0.15) is 5.56 Å². The third kappa shape index (κ3) is 4.18. The van der Waals surface area contributed by atoms with Crippen LogP contribution in [-0.4, -0.2) is 35.8 Å². The van der Waals surface area contributed by atoms with E-state index < -0.39 is 16.5 Å². The van der Waals surface area contributed by atoms with Gasteiger partial charge in [0.05, 0.1) is 17.7 Å². The molecule has 1 rings (SSSR count). The number of aromatic nitrogens is 1. The molecule has 0 bridgehead atoms. The lowest BCUT2D eigenvalue weighted by atomic mass is 10.3. The molecule has 0 unspecified atom stereocenters. The average Bonchev–Trinajstić information content (AvgIpc) is 2.34. The molecule has 0 aliphatic heterocycles. The fourth-order valence-corrected chi connectivity index (χ4v) is 1.41. The molecule has 104 valence electrons. The molecule has 8 heteroatoms. The summed E-state index contributed by atoms with van der Waals surface area (Å²) >= 11 is 0. The van der Waals surface area contributed by atoms with E-state index in [4.69, 9.17) is 9.47 Å². The van der Waals surface area contributed by atoms with Crippen LogP contribution in [0, 0.1) is 17.0 Å². The second kappa shape index (κ2) is 6.64. The minimum absolute atomic E-state index is 0.0675. The van der Waals surface area contributed by atoms with Gasteiger partial charge < -0.3 is 9.47 Å². The number of pyridine rings is 1. The molecule has 0 atom stereocenters. The number of rotatable bonds is 6. The number of ether oxygens (including phenoxy) is 2. The van der Waals surface area contributed by atoms with Crippen LogP contribution in [0.15, 0.2) is 17.1 Å². The van der Waals surface area contributed by atoms with E-state index in [1.165, 1.54) is 14.0 Å². The Morgan fingerprint density at radius 1 is 1.47 bits per heavy atom. The third-order valence-electron chi connectivity index (χ3n) is 2.31. The van der Waals surface area contributed by atoms with Gasteiger partial charge in [0.2, 0.25) is 0 Å². The van der Waals surface area contributed by atoms with Gasteiger partial charge in [-0.05, 0) is 6.92 Å². The number of hydrogen-bond acceptors (Lipinski definition) is 6. The Morgan fingerprint density at radius 2 is 2.16 bits per heavy atom. The second-order valence-corrected chi connectivity index (χ2v) is 3.78.